The lowest BCUT2D eigenvalue weighted by atomic mass is 10.4. The molecule has 0 amide bonds. The van der Waals surface area contributed by atoms with Crippen molar-refractivity contribution in [3.63, 3.8) is 0 Å². The summed E-state index contributed by atoms with van der Waals surface area (Å²) in [5.41, 5.74) is -0.0835. The van der Waals surface area contributed by atoms with Gasteiger partial charge in [0, 0.05) is 0 Å². The Morgan fingerprint density at radius 3 is 2.15 bits per heavy atom. The van der Waals surface area contributed by atoms with Crippen LogP contribution in [0.3, 0.4) is 0 Å². The summed E-state index contributed by atoms with van der Waals surface area (Å²) in [5.74, 6) is -2.68. The summed E-state index contributed by atoms with van der Waals surface area (Å²) in [7, 11) is 0. The molecule has 72 valence electrons. The fourth-order valence-electron chi connectivity index (χ4n) is 0.651. The number of alkyl halides is 3. The fraction of sp³-hybridized carbons (Fsp3) is 0.333. The summed E-state index contributed by atoms with van der Waals surface area (Å²) >= 11 is 2.71. The number of halogens is 5. The number of hydrogen-bond donors (Lipinski definition) is 0. The Bertz CT molecular complexity index is 313. The summed E-state index contributed by atoms with van der Waals surface area (Å²) in [6.45, 7) is 1.25. The van der Waals surface area contributed by atoms with Gasteiger partial charge in [0.15, 0.2) is 0 Å². The molecule has 13 heavy (non-hydrogen) atoms. The Morgan fingerprint density at radius 2 is 1.77 bits per heavy atom. The molecule has 7 heteroatoms. The topological polar surface area (TPSA) is 25.8 Å². The monoisotopic (exact) mass is 258 g/mol. The third kappa shape index (κ3) is 2.15. The van der Waals surface area contributed by atoms with Crippen LogP contribution in [0.1, 0.15) is 11.5 Å². The second-order valence-electron chi connectivity index (χ2n) is 2.24. The Balaban J connectivity index is 3.29. The van der Waals surface area contributed by atoms with Gasteiger partial charge in [-0.15, -0.1) is 0 Å². The van der Waals surface area contributed by atoms with Crippen molar-refractivity contribution in [3.05, 3.63) is 21.9 Å². The molecule has 1 aromatic rings. The van der Waals surface area contributed by atoms with Crippen LogP contribution in [0.2, 0.25) is 0 Å². The van der Waals surface area contributed by atoms with Gasteiger partial charge < -0.3 is 0 Å². The van der Waals surface area contributed by atoms with E-state index in [4.69, 9.17) is 0 Å². The average Bonchev–Trinajstić information content (AvgIpc) is 1.97. The minimum atomic E-state index is -4.72. The Labute approximate surface area is 79.1 Å². The number of nitrogens with zero attached hydrogens (tertiary/aromatic N) is 2. The summed E-state index contributed by atoms with van der Waals surface area (Å²) in [6, 6.07) is 0. The smallest absolute Gasteiger partial charge is 0.228 e. The van der Waals surface area contributed by atoms with Gasteiger partial charge in [0.05, 0.1) is 10.2 Å². The fourth-order valence-corrected chi connectivity index (χ4v) is 0.828. The summed E-state index contributed by atoms with van der Waals surface area (Å²) < 4.78 is 48.4. The van der Waals surface area contributed by atoms with E-state index in [0.717, 1.165) is 0 Å². The van der Waals surface area contributed by atoms with Gasteiger partial charge in [0.25, 0.3) is 0 Å². The van der Waals surface area contributed by atoms with E-state index in [1.165, 1.54) is 6.92 Å². The van der Waals surface area contributed by atoms with Gasteiger partial charge in [-0.1, -0.05) is 0 Å². The van der Waals surface area contributed by atoms with E-state index in [1.54, 1.807) is 0 Å². The van der Waals surface area contributed by atoms with E-state index >= 15 is 0 Å². The molecule has 0 spiro atoms. The van der Waals surface area contributed by atoms with Crippen LogP contribution in [0.25, 0.3) is 0 Å². The molecule has 0 fully saturated rings. The van der Waals surface area contributed by atoms with Crippen LogP contribution < -0.4 is 0 Å². The molecular formula is C6H3BrF4N2. The predicted molar refractivity (Wildman–Crippen MR) is 39.4 cm³/mol. The molecule has 0 saturated carbocycles. The van der Waals surface area contributed by atoms with Crippen molar-refractivity contribution in [2.75, 3.05) is 0 Å². The lowest BCUT2D eigenvalue weighted by molar-refractivity contribution is -0.145. The maximum Gasteiger partial charge on any atom is 0.451 e. The van der Waals surface area contributed by atoms with Crippen LogP contribution in [0.5, 0.6) is 0 Å². The van der Waals surface area contributed by atoms with E-state index in [-0.39, 0.29) is 10.2 Å². The zero-order valence-corrected chi connectivity index (χ0v) is 7.87. The molecule has 0 bridgehead atoms. The van der Waals surface area contributed by atoms with Crippen molar-refractivity contribution < 1.29 is 17.6 Å². The molecule has 0 unspecified atom stereocenters. The van der Waals surface area contributed by atoms with Crippen molar-refractivity contribution in [1.82, 2.24) is 9.97 Å². The molecule has 0 aliphatic carbocycles. The molecule has 0 atom stereocenters. The van der Waals surface area contributed by atoms with E-state index < -0.39 is 17.9 Å². The van der Waals surface area contributed by atoms with Crippen LogP contribution in [0.4, 0.5) is 17.6 Å². The van der Waals surface area contributed by atoms with E-state index in [9.17, 15) is 17.6 Å². The first-order valence-corrected chi connectivity index (χ1v) is 3.88. The average molecular weight is 259 g/mol. The molecule has 0 aromatic carbocycles. The Morgan fingerprint density at radius 1 is 1.23 bits per heavy atom. The summed E-state index contributed by atoms with van der Waals surface area (Å²) in [6.07, 6.45) is -4.72. The molecule has 1 aromatic heterocycles. The highest BCUT2D eigenvalue weighted by Gasteiger charge is 2.35. The zero-order valence-electron chi connectivity index (χ0n) is 6.28. The van der Waals surface area contributed by atoms with E-state index in [2.05, 4.69) is 25.9 Å². The molecule has 0 aliphatic rings. The number of aryl methyl sites for hydroxylation is 1. The summed E-state index contributed by atoms with van der Waals surface area (Å²) in [4.78, 5) is 5.74. The standard InChI is InChI=1S/C6H3BrF4N2/c1-2-3(7)4(8)13-5(12-2)6(9,10)11/h1H3. The molecule has 1 rings (SSSR count). The second kappa shape index (κ2) is 3.21. The molecule has 0 radical (unpaired) electrons. The molecule has 0 aliphatic heterocycles. The first-order valence-electron chi connectivity index (χ1n) is 3.09. The maximum absolute atomic E-state index is 12.7. The number of rotatable bonds is 0. The molecule has 0 saturated heterocycles. The first kappa shape index (κ1) is 10.4. The third-order valence-electron chi connectivity index (χ3n) is 1.23. The summed E-state index contributed by atoms with van der Waals surface area (Å²) in [5, 5.41) is 0. The van der Waals surface area contributed by atoms with Gasteiger partial charge in [-0.25, -0.2) is 4.98 Å². The number of aromatic nitrogens is 2. The Kier molecular flexibility index (Phi) is 2.56. The molecular weight excluding hydrogens is 256 g/mol. The lowest BCUT2D eigenvalue weighted by Crippen LogP contribution is -2.13. The largest absolute Gasteiger partial charge is 0.451 e. The van der Waals surface area contributed by atoms with Gasteiger partial charge >= 0.3 is 6.18 Å². The van der Waals surface area contributed by atoms with Crippen molar-refractivity contribution in [1.29, 1.82) is 0 Å². The highest BCUT2D eigenvalue weighted by atomic mass is 79.9. The normalized spacial score (nSPS) is 11.8. The quantitative estimate of drug-likeness (QED) is 0.528. The van der Waals surface area contributed by atoms with E-state index in [1.807, 2.05) is 0 Å². The minimum Gasteiger partial charge on any atom is -0.228 e. The van der Waals surface area contributed by atoms with Crippen LogP contribution in [0, 0.1) is 12.9 Å². The van der Waals surface area contributed by atoms with Gasteiger partial charge in [-0.05, 0) is 22.9 Å². The van der Waals surface area contributed by atoms with Gasteiger partial charge in [0.1, 0.15) is 0 Å². The molecule has 1 heterocycles. The highest BCUT2D eigenvalue weighted by molar-refractivity contribution is 9.10. The van der Waals surface area contributed by atoms with Crippen LogP contribution in [-0.2, 0) is 6.18 Å². The van der Waals surface area contributed by atoms with Crippen LogP contribution in [0.15, 0.2) is 4.47 Å². The van der Waals surface area contributed by atoms with Crippen LogP contribution in [-0.4, -0.2) is 9.97 Å². The van der Waals surface area contributed by atoms with Crippen LogP contribution >= 0.6 is 15.9 Å². The van der Waals surface area contributed by atoms with E-state index in [0.29, 0.717) is 0 Å². The SMILES string of the molecule is Cc1nc(C(F)(F)F)nc(F)c1Br. The first-order chi connectivity index (χ1) is 5.82. The molecule has 2 nitrogen and oxygen atoms in total. The van der Waals surface area contributed by atoms with Gasteiger partial charge in [0.2, 0.25) is 11.8 Å². The van der Waals surface area contributed by atoms with Crippen molar-refractivity contribution in [2.45, 2.75) is 13.1 Å². The Hall–Kier alpha value is -0.720. The second-order valence-corrected chi connectivity index (χ2v) is 3.03. The van der Waals surface area contributed by atoms with Gasteiger partial charge in [-0.2, -0.15) is 22.5 Å². The highest BCUT2D eigenvalue weighted by Crippen LogP contribution is 2.28. The zero-order chi connectivity index (χ0) is 10.2. The van der Waals surface area contributed by atoms with Crippen molar-refractivity contribution in [2.24, 2.45) is 0 Å². The molecule has 0 N–H and O–H groups in total. The van der Waals surface area contributed by atoms with Crippen molar-refractivity contribution in [3.8, 4) is 0 Å². The predicted octanol–water partition coefficient (Wildman–Crippen LogP) is 2.71. The minimum absolute atomic E-state index is 0.0835. The lowest BCUT2D eigenvalue weighted by Gasteiger charge is -2.06. The van der Waals surface area contributed by atoms with Gasteiger partial charge in [-0.3, -0.25) is 0 Å². The maximum atomic E-state index is 12.7. The van der Waals surface area contributed by atoms with Crippen molar-refractivity contribution >= 4 is 15.9 Å². The number of hydrogen-bond acceptors (Lipinski definition) is 2. The third-order valence-corrected chi connectivity index (χ3v) is 2.13.